The Kier molecular flexibility index (Phi) is 3.46. The van der Waals surface area contributed by atoms with Crippen LogP contribution in [0.2, 0.25) is 0 Å². The van der Waals surface area contributed by atoms with Crippen LogP contribution in [-0.4, -0.2) is 34.5 Å². The number of fused-ring (bicyclic) bond motifs is 7. The Balaban J connectivity index is 1.47. The third kappa shape index (κ3) is 2.10. The van der Waals surface area contributed by atoms with Crippen molar-refractivity contribution in [3.05, 3.63) is 0 Å². The number of aliphatic hydroxyl groups is 2. The molecule has 5 rings (SSSR count). The normalized spacial score (nSPS) is 60.2. The highest BCUT2D eigenvalue weighted by atomic mass is 16.6. The van der Waals surface area contributed by atoms with Crippen LogP contribution in [0.25, 0.3) is 0 Å². The molecule has 1 aliphatic heterocycles. The van der Waals surface area contributed by atoms with Gasteiger partial charge in [0.2, 0.25) is 0 Å². The summed E-state index contributed by atoms with van der Waals surface area (Å²) in [7, 11) is 0. The predicted octanol–water partition coefficient (Wildman–Crippen LogP) is 2.90. The van der Waals surface area contributed by atoms with Crippen molar-refractivity contribution in [3.63, 3.8) is 0 Å². The maximum absolute atomic E-state index is 11.8. The van der Waals surface area contributed by atoms with Crippen molar-refractivity contribution < 1.29 is 19.7 Å². The van der Waals surface area contributed by atoms with E-state index in [4.69, 9.17) is 4.74 Å². The number of rotatable bonds is 0. The molecule has 0 aromatic rings. The molecule has 2 N–H and O–H groups in total. The van der Waals surface area contributed by atoms with Crippen LogP contribution in [0.1, 0.15) is 65.2 Å². The van der Waals surface area contributed by atoms with E-state index in [-0.39, 0.29) is 41.0 Å². The fourth-order valence-corrected chi connectivity index (χ4v) is 8.26. The molecule has 0 aromatic carbocycles. The third-order valence-electron chi connectivity index (χ3n) is 9.54. The number of hydrogen-bond acceptors (Lipinski definition) is 4. The number of hydrogen-bond donors (Lipinski definition) is 2. The predicted molar refractivity (Wildman–Crippen MR) is 92.5 cm³/mol. The van der Waals surface area contributed by atoms with E-state index in [1.807, 2.05) is 0 Å². The van der Waals surface area contributed by atoms with Gasteiger partial charge in [0.15, 0.2) is 0 Å². The Labute approximate surface area is 150 Å². The van der Waals surface area contributed by atoms with E-state index in [9.17, 15) is 15.0 Å². The molecular weight excluding hydrogens is 316 g/mol. The summed E-state index contributed by atoms with van der Waals surface area (Å²) in [4.78, 5) is 11.8. The third-order valence-corrected chi connectivity index (χ3v) is 9.54. The van der Waals surface area contributed by atoms with E-state index >= 15 is 0 Å². The zero-order valence-electron chi connectivity index (χ0n) is 15.5. The van der Waals surface area contributed by atoms with E-state index in [1.165, 1.54) is 12.8 Å². The van der Waals surface area contributed by atoms with Gasteiger partial charge in [-0.05, 0) is 79.4 Å². The second-order valence-corrected chi connectivity index (χ2v) is 10.3. The fourth-order valence-electron chi connectivity index (χ4n) is 8.26. The van der Waals surface area contributed by atoms with Crippen LogP contribution in [0.5, 0.6) is 0 Å². The van der Waals surface area contributed by atoms with Gasteiger partial charge in [-0.3, -0.25) is 4.79 Å². The minimum Gasteiger partial charge on any atom is -0.462 e. The van der Waals surface area contributed by atoms with E-state index < -0.39 is 0 Å². The van der Waals surface area contributed by atoms with Crippen LogP contribution < -0.4 is 0 Å². The van der Waals surface area contributed by atoms with Crippen LogP contribution in [0, 0.1) is 40.4 Å². The van der Waals surface area contributed by atoms with Crippen LogP contribution in [0.15, 0.2) is 0 Å². The van der Waals surface area contributed by atoms with Crippen molar-refractivity contribution in [2.75, 3.05) is 0 Å². The molecule has 1 heterocycles. The topological polar surface area (TPSA) is 66.8 Å². The van der Waals surface area contributed by atoms with Crippen LogP contribution in [0.3, 0.4) is 0 Å². The van der Waals surface area contributed by atoms with Gasteiger partial charge in [-0.1, -0.05) is 13.8 Å². The van der Waals surface area contributed by atoms with Gasteiger partial charge in [-0.2, -0.15) is 0 Å². The number of aliphatic hydroxyl groups excluding tert-OH is 2. The van der Waals surface area contributed by atoms with E-state index in [2.05, 4.69) is 13.8 Å². The number of ether oxygens (including phenoxy) is 1. The summed E-state index contributed by atoms with van der Waals surface area (Å²) in [6.45, 7) is 4.79. The van der Waals surface area contributed by atoms with Gasteiger partial charge in [0, 0.05) is 5.92 Å². The van der Waals surface area contributed by atoms with Gasteiger partial charge in [-0.15, -0.1) is 0 Å². The SMILES string of the molecule is C[C@]12CC[C@H]3[C@@H](C[C@H](O)C4C[C@@H](O)CC[C@@]43C)[C@@H]1C[C@@H]1OC(=O)C[C@@H]12. The molecule has 10 atom stereocenters. The highest BCUT2D eigenvalue weighted by Crippen LogP contribution is 2.68. The van der Waals surface area contributed by atoms with Crippen molar-refractivity contribution >= 4 is 5.97 Å². The van der Waals surface area contributed by atoms with Crippen molar-refractivity contribution in [1.82, 2.24) is 0 Å². The van der Waals surface area contributed by atoms with Crippen molar-refractivity contribution in [2.24, 2.45) is 40.4 Å². The highest BCUT2D eigenvalue weighted by Gasteiger charge is 2.65. The lowest BCUT2D eigenvalue weighted by molar-refractivity contribution is -0.171. The average Bonchev–Trinajstić information content (AvgIpc) is 3.05. The van der Waals surface area contributed by atoms with Gasteiger partial charge in [-0.25, -0.2) is 0 Å². The minimum atomic E-state index is -0.286. The van der Waals surface area contributed by atoms with Gasteiger partial charge in [0.1, 0.15) is 6.10 Å². The first-order chi connectivity index (χ1) is 11.8. The monoisotopic (exact) mass is 348 g/mol. The Morgan fingerprint density at radius 2 is 1.64 bits per heavy atom. The van der Waals surface area contributed by atoms with E-state index in [1.54, 1.807) is 0 Å². The molecule has 4 aliphatic carbocycles. The zero-order valence-corrected chi connectivity index (χ0v) is 15.5. The zero-order chi connectivity index (χ0) is 17.6. The fraction of sp³-hybridized carbons (Fsp3) is 0.952. The van der Waals surface area contributed by atoms with Gasteiger partial charge >= 0.3 is 5.97 Å². The summed E-state index contributed by atoms with van der Waals surface area (Å²) in [6, 6.07) is 0. The summed E-state index contributed by atoms with van der Waals surface area (Å²) in [5, 5.41) is 21.1. The molecule has 140 valence electrons. The average molecular weight is 348 g/mol. The van der Waals surface area contributed by atoms with Crippen molar-refractivity contribution in [1.29, 1.82) is 0 Å². The quantitative estimate of drug-likeness (QED) is 0.661. The number of carbonyl (C=O) groups is 1. The molecular formula is C21H32O4. The summed E-state index contributed by atoms with van der Waals surface area (Å²) in [5.41, 5.74) is 0.367. The van der Waals surface area contributed by atoms with E-state index in [0.29, 0.717) is 30.1 Å². The molecule has 1 saturated heterocycles. The van der Waals surface area contributed by atoms with Crippen LogP contribution >= 0.6 is 0 Å². The Morgan fingerprint density at radius 1 is 0.920 bits per heavy atom. The second-order valence-electron chi connectivity index (χ2n) is 10.3. The molecule has 0 aromatic heterocycles. The second kappa shape index (κ2) is 5.22. The lowest BCUT2D eigenvalue weighted by atomic mass is 9.44. The standard InChI is InChI=1S/C21H32O4/c1-20-5-3-11(22)7-15(20)17(23)8-12-13(20)4-6-21(2)14(12)9-18-16(21)10-19(24)25-18/h11-18,22-23H,3-10H2,1-2H3/t11-,12+,13-,14-,15?,16-,17-,18-,20+,21-/m0/s1. The summed E-state index contributed by atoms with van der Waals surface area (Å²) >= 11 is 0. The maximum atomic E-state index is 11.8. The highest BCUT2D eigenvalue weighted by molar-refractivity contribution is 5.72. The Bertz CT molecular complexity index is 590. The molecule has 5 aliphatic rings. The van der Waals surface area contributed by atoms with E-state index in [0.717, 1.165) is 32.1 Å². The summed E-state index contributed by atoms with van der Waals surface area (Å²) in [6.07, 6.45) is 7.19. The van der Waals surface area contributed by atoms with Crippen LogP contribution in [-0.2, 0) is 9.53 Å². The first-order valence-corrected chi connectivity index (χ1v) is 10.4. The van der Waals surface area contributed by atoms with Gasteiger partial charge < -0.3 is 14.9 Å². The first kappa shape index (κ1) is 16.6. The lowest BCUT2D eigenvalue weighted by Crippen LogP contribution is -2.58. The van der Waals surface area contributed by atoms with Crippen molar-refractivity contribution in [3.8, 4) is 0 Å². The van der Waals surface area contributed by atoms with Gasteiger partial charge in [0.25, 0.3) is 0 Å². The molecule has 25 heavy (non-hydrogen) atoms. The Hall–Kier alpha value is -0.610. The number of carbonyl (C=O) groups excluding carboxylic acids is 1. The molecule has 0 amide bonds. The maximum Gasteiger partial charge on any atom is 0.306 e. The minimum absolute atomic E-state index is 0.00577. The largest absolute Gasteiger partial charge is 0.462 e. The van der Waals surface area contributed by atoms with Crippen LogP contribution in [0.4, 0.5) is 0 Å². The molecule has 4 heteroatoms. The van der Waals surface area contributed by atoms with Crippen molar-refractivity contribution in [2.45, 2.75) is 83.5 Å². The molecule has 4 nitrogen and oxygen atoms in total. The number of esters is 1. The molecule has 1 unspecified atom stereocenters. The summed E-state index contributed by atoms with van der Waals surface area (Å²) < 4.78 is 5.66. The summed E-state index contributed by atoms with van der Waals surface area (Å²) in [5.74, 6) is 2.42. The van der Waals surface area contributed by atoms with Gasteiger partial charge in [0.05, 0.1) is 18.6 Å². The molecule has 4 saturated carbocycles. The molecule has 0 spiro atoms. The lowest BCUT2D eigenvalue weighted by Gasteiger charge is -2.62. The molecule has 5 fully saturated rings. The molecule has 0 bridgehead atoms. The first-order valence-electron chi connectivity index (χ1n) is 10.4. The Morgan fingerprint density at radius 3 is 2.44 bits per heavy atom. The smallest absolute Gasteiger partial charge is 0.306 e. The molecule has 0 radical (unpaired) electrons.